The van der Waals surface area contributed by atoms with Crippen LogP contribution in [0.1, 0.15) is 12.8 Å². The van der Waals surface area contributed by atoms with E-state index in [1.807, 2.05) is 0 Å². The molecule has 0 radical (unpaired) electrons. The maximum absolute atomic E-state index is 10.4. The minimum absolute atomic E-state index is 0.168. The predicted molar refractivity (Wildman–Crippen MR) is 38.2 cm³/mol. The van der Waals surface area contributed by atoms with E-state index in [2.05, 4.69) is 22.3 Å². The Kier molecular flexibility index (Phi) is 5.76. The van der Waals surface area contributed by atoms with Crippen molar-refractivity contribution in [1.29, 1.82) is 0 Å². The highest BCUT2D eigenvalue weighted by molar-refractivity contribution is 7.78. The van der Waals surface area contributed by atoms with Gasteiger partial charge in [-0.3, -0.25) is 9.52 Å². The second kappa shape index (κ2) is 5.91. The third-order valence-corrected chi connectivity index (χ3v) is 1.12. The summed E-state index contributed by atoms with van der Waals surface area (Å²) in [6.45, 7) is 0.734. The van der Waals surface area contributed by atoms with E-state index in [4.69, 9.17) is 0 Å². The molecule has 0 atom stereocenters. The number of ether oxygens (including phenoxy) is 1. The molecule has 0 saturated carbocycles. The topological polar surface area (TPSA) is 38.3 Å². The fourth-order valence-electron chi connectivity index (χ4n) is 0.414. The van der Waals surface area contributed by atoms with Crippen LogP contribution in [0.15, 0.2) is 0 Å². The molecule has 0 rings (SSSR count). The molecule has 0 fully saturated rings. The zero-order valence-corrected chi connectivity index (χ0v) is 6.28. The highest BCUT2D eigenvalue weighted by atomic mass is 32.1. The maximum atomic E-state index is 10.4. The van der Waals surface area contributed by atoms with Gasteiger partial charge in [0.25, 0.3) is 0 Å². The van der Waals surface area contributed by atoms with E-state index in [1.165, 1.54) is 7.11 Å². The molecule has 0 aromatic rings. The average Bonchev–Trinajstić information content (AvgIpc) is 1.89. The summed E-state index contributed by atoms with van der Waals surface area (Å²) in [5.41, 5.74) is 0. The van der Waals surface area contributed by atoms with Gasteiger partial charge in [0.2, 0.25) is 0 Å². The van der Waals surface area contributed by atoms with E-state index in [0.717, 1.165) is 13.0 Å². The van der Waals surface area contributed by atoms with Gasteiger partial charge in [-0.05, 0) is 6.42 Å². The minimum atomic E-state index is -0.168. The molecule has 0 aliphatic heterocycles. The summed E-state index contributed by atoms with van der Waals surface area (Å²) in [5.74, 6) is -0.168. The normalized spacial score (nSPS) is 9.11. The molecule has 0 unspecified atom stereocenters. The molecular formula is C5H11NO2S. The molecular weight excluding hydrogens is 138 g/mol. The summed E-state index contributed by atoms with van der Waals surface area (Å²) < 4.78 is 7.04. The number of methoxy groups -OCH3 is 1. The third-order valence-electron chi connectivity index (χ3n) is 0.897. The zero-order chi connectivity index (χ0) is 7.11. The zero-order valence-electron chi connectivity index (χ0n) is 5.39. The quantitative estimate of drug-likeness (QED) is 0.344. The largest absolute Gasteiger partial charge is 0.469 e. The molecule has 0 aromatic carbocycles. The van der Waals surface area contributed by atoms with Crippen LogP contribution >= 0.6 is 12.8 Å². The number of hydrogen-bond donors (Lipinski definition) is 2. The van der Waals surface area contributed by atoms with E-state index in [-0.39, 0.29) is 5.97 Å². The van der Waals surface area contributed by atoms with Crippen LogP contribution in [0.3, 0.4) is 0 Å². The van der Waals surface area contributed by atoms with Crippen LogP contribution in [-0.2, 0) is 9.53 Å². The smallest absolute Gasteiger partial charge is 0.305 e. The monoisotopic (exact) mass is 149 g/mol. The summed E-state index contributed by atoms with van der Waals surface area (Å²) in [6.07, 6.45) is 1.24. The third kappa shape index (κ3) is 5.65. The van der Waals surface area contributed by atoms with E-state index in [0.29, 0.717) is 6.42 Å². The number of carbonyl (C=O) groups excluding carboxylic acids is 1. The lowest BCUT2D eigenvalue weighted by Gasteiger charge is -1.96. The van der Waals surface area contributed by atoms with Crippen molar-refractivity contribution in [2.45, 2.75) is 12.8 Å². The lowest BCUT2D eigenvalue weighted by molar-refractivity contribution is -0.140. The number of hydrogen-bond acceptors (Lipinski definition) is 4. The summed E-state index contributed by atoms with van der Waals surface area (Å²) in [5, 5.41) is 0. The molecule has 4 heteroatoms. The molecule has 0 spiro atoms. The standard InChI is InChI=1S/C5H11NO2S/c1-8-5(7)3-2-4-6-9/h6,9H,2-4H2,1H3. The van der Waals surface area contributed by atoms with Crippen LogP contribution in [0.5, 0.6) is 0 Å². The van der Waals surface area contributed by atoms with Crippen molar-refractivity contribution in [2.24, 2.45) is 0 Å². The van der Waals surface area contributed by atoms with Crippen LogP contribution in [0.2, 0.25) is 0 Å². The molecule has 0 saturated heterocycles. The van der Waals surface area contributed by atoms with Gasteiger partial charge in [-0.25, -0.2) is 0 Å². The van der Waals surface area contributed by atoms with Crippen LogP contribution in [0, 0.1) is 0 Å². The minimum Gasteiger partial charge on any atom is -0.469 e. The second-order valence-electron chi connectivity index (χ2n) is 1.59. The van der Waals surface area contributed by atoms with Crippen LogP contribution in [-0.4, -0.2) is 19.6 Å². The molecule has 3 nitrogen and oxygen atoms in total. The van der Waals surface area contributed by atoms with Gasteiger partial charge in [-0.2, -0.15) is 0 Å². The van der Waals surface area contributed by atoms with E-state index < -0.39 is 0 Å². The predicted octanol–water partition coefficient (Wildman–Crippen LogP) is 0.374. The van der Waals surface area contributed by atoms with Crippen molar-refractivity contribution < 1.29 is 9.53 Å². The number of thiol groups is 1. The highest BCUT2D eigenvalue weighted by Crippen LogP contribution is 1.89. The molecule has 9 heavy (non-hydrogen) atoms. The number of esters is 1. The van der Waals surface area contributed by atoms with Gasteiger partial charge in [0.05, 0.1) is 7.11 Å². The van der Waals surface area contributed by atoms with Crippen molar-refractivity contribution >= 4 is 18.8 Å². The van der Waals surface area contributed by atoms with E-state index in [1.54, 1.807) is 0 Å². The first kappa shape index (κ1) is 8.78. The fourth-order valence-corrected chi connectivity index (χ4v) is 0.572. The van der Waals surface area contributed by atoms with Crippen molar-refractivity contribution in [2.75, 3.05) is 13.7 Å². The Morgan fingerprint density at radius 1 is 1.78 bits per heavy atom. The Bertz CT molecular complexity index is 87.0. The van der Waals surface area contributed by atoms with Crippen molar-refractivity contribution in [3.63, 3.8) is 0 Å². The van der Waals surface area contributed by atoms with Gasteiger partial charge < -0.3 is 4.74 Å². The molecule has 0 bridgehead atoms. The second-order valence-corrected chi connectivity index (χ2v) is 1.90. The van der Waals surface area contributed by atoms with Crippen molar-refractivity contribution in [1.82, 2.24) is 4.72 Å². The van der Waals surface area contributed by atoms with Gasteiger partial charge in [-0.15, -0.1) is 0 Å². The number of nitrogens with one attached hydrogen (secondary N) is 1. The number of rotatable bonds is 4. The Morgan fingerprint density at radius 3 is 2.89 bits per heavy atom. The molecule has 0 heterocycles. The molecule has 0 amide bonds. The summed E-state index contributed by atoms with van der Waals surface area (Å²) in [7, 11) is 1.39. The van der Waals surface area contributed by atoms with Crippen molar-refractivity contribution in [3.05, 3.63) is 0 Å². The first-order valence-electron chi connectivity index (χ1n) is 2.75. The Morgan fingerprint density at radius 2 is 2.44 bits per heavy atom. The van der Waals surface area contributed by atoms with Gasteiger partial charge >= 0.3 is 5.97 Å². The fraction of sp³-hybridized carbons (Fsp3) is 0.800. The van der Waals surface area contributed by atoms with Crippen LogP contribution in [0.4, 0.5) is 0 Å². The summed E-state index contributed by atoms with van der Waals surface area (Å²) >= 11 is 3.75. The molecule has 54 valence electrons. The average molecular weight is 149 g/mol. The molecule has 0 aliphatic carbocycles. The van der Waals surface area contributed by atoms with Gasteiger partial charge in [0.15, 0.2) is 0 Å². The van der Waals surface area contributed by atoms with Gasteiger partial charge in [0.1, 0.15) is 0 Å². The van der Waals surface area contributed by atoms with Gasteiger partial charge in [-0.1, -0.05) is 12.8 Å². The molecule has 0 aromatic heterocycles. The first-order valence-corrected chi connectivity index (χ1v) is 3.19. The molecule has 1 N–H and O–H groups in total. The van der Waals surface area contributed by atoms with Gasteiger partial charge in [0, 0.05) is 13.0 Å². The van der Waals surface area contributed by atoms with E-state index in [9.17, 15) is 4.79 Å². The number of carbonyl (C=O) groups is 1. The Hall–Kier alpha value is -0.220. The van der Waals surface area contributed by atoms with E-state index >= 15 is 0 Å². The first-order chi connectivity index (χ1) is 4.31. The summed E-state index contributed by atoms with van der Waals surface area (Å²) in [4.78, 5) is 10.4. The van der Waals surface area contributed by atoms with Crippen LogP contribution in [0.25, 0.3) is 0 Å². The Labute approximate surface area is 60.3 Å². The molecule has 0 aliphatic rings. The summed E-state index contributed by atoms with van der Waals surface area (Å²) in [6, 6.07) is 0. The lowest BCUT2D eigenvalue weighted by atomic mass is 10.3. The highest BCUT2D eigenvalue weighted by Gasteiger charge is 1.96. The van der Waals surface area contributed by atoms with Crippen molar-refractivity contribution in [3.8, 4) is 0 Å². The Balaban J connectivity index is 2.97. The maximum Gasteiger partial charge on any atom is 0.305 e. The lowest BCUT2D eigenvalue weighted by Crippen LogP contribution is -2.06. The van der Waals surface area contributed by atoms with Crippen LogP contribution < -0.4 is 4.72 Å². The SMILES string of the molecule is COC(=O)CCCNS.